The van der Waals surface area contributed by atoms with Crippen molar-refractivity contribution in [2.75, 3.05) is 21.3 Å². The lowest BCUT2D eigenvalue weighted by molar-refractivity contribution is 0.349. The standard InChI is InChI=1S/C13H14O4/c1-14-11-8-13(16-3)12(15-2)7-9(11)10-5-4-6-17-10/h4-8H,1-3H3. The first-order valence-corrected chi connectivity index (χ1v) is 5.14. The second-order valence-electron chi connectivity index (χ2n) is 3.38. The molecule has 2 rings (SSSR count). The van der Waals surface area contributed by atoms with Gasteiger partial charge in [-0.25, -0.2) is 0 Å². The largest absolute Gasteiger partial charge is 0.496 e. The summed E-state index contributed by atoms with van der Waals surface area (Å²) >= 11 is 0. The summed E-state index contributed by atoms with van der Waals surface area (Å²) in [5, 5.41) is 0. The van der Waals surface area contributed by atoms with Crippen LogP contribution in [0.4, 0.5) is 0 Å². The molecule has 4 nitrogen and oxygen atoms in total. The minimum Gasteiger partial charge on any atom is -0.496 e. The molecule has 1 aromatic carbocycles. The van der Waals surface area contributed by atoms with E-state index in [2.05, 4.69) is 0 Å². The van der Waals surface area contributed by atoms with E-state index in [1.807, 2.05) is 18.2 Å². The number of benzene rings is 1. The third-order valence-corrected chi connectivity index (χ3v) is 2.49. The second kappa shape index (κ2) is 4.82. The van der Waals surface area contributed by atoms with Gasteiger partial charge in [-0.3, -0.25) is 0 Å². The molecule has 0 amide bonds. The number of rotatable bonds is 4. The van der Waals surface area contributed by atoms with Crippen molar-refractivity contribution in [2.45, 2.75) is 0 Å². The Labute approximate surface area is 99.7 Å². The highest BCUT2D eigenvalue weighted by atomic mass is 16.5. The minimum atomic E-state index is 0.625. The zero-order chi connectivity index (χ0) is 12.3. The molecular formula is C13H14O4. The quantitative estimate of drug-likeness (QED) is 0.815. The van der Waals surface area contributed by atoms with E-state index in [4.69, 9.17) is 18.6 Å². The van der Waals surface area contributed by atoms with Crippen LogP contribution in [0.1, 0.15) is 0 Å². The van der Waals surface area contributed by atoms with Gasteiger partial charge in [0.1, 0.15) is 11.5 Å². The minimum absolute atomic E-state index is 0.625. The number of hydrogen-bond donors (Lipinski definition) is 0. The van der Waals surface area contributed by atoms with E-state index in [1.54, 1.807) is 33.7 Å². The monoisotopic (exact) mass is 234 g/mol. The normalized spacial score (nSPS) is 10.1. The molecule has 0 atom stereocenters. The Hall–Kier alpha value is -2.10. The molecule has 0 aliphatic heterocycles. The fraction of sp³-hybridized carbons (Fsp3) is 0.231. The van der Waals surface area contributed by atoms with Crippen molar-refractivity contribution in [3.05, 3.63) is 30.5 Å². The molecule has 1 aromatic heterocycles. The van der Waals surface area contributed by atoms with Gasteiger partial charge in [-0.15, -0.1) is 0 Å². The van der Waals surface area contributed by atoms with E-state index in [-0.39, 0.29) is 0 Å². The van der Waals surface area contributed by atoms with E-state index < -0.39 is 0 Å². The van der Waals surface area contributed by atoms with Crippen LogP contribution in [0.2, 0.25) is 0 Å². The molecule has 0 unspecified atom stereocenters. The SMILES string of the molecule is COc1cc(OC)c(-c2ccco2)cc1OC. The van der Waals surface area contributed by atoms with E-state index in [1.165, 1.54) is 0 Å². The molecular weight excluding hydrogens is 220 g/mol. The van der Waals surface area contributed by atoms with Crippen molar-refractivity contribution in [2.24, 2.45) is 0 Å². The van der Waals surface area contributed by atoms with E-state index in [0.717, 1.165) is 11.3 Å². The molecule has 0 spiro atoms. The Morgan fingerprint density at radius 2 is 1.53 bits per heavy atom. The molecule has 0 radical (unpaired) electrons. The third-order valence-electron chi connectivity index (χ3n) is 2.49. The lowest BCUT2D eigenvalue weighted by Crippen LogP contribution is -1.94. The van der Waals surface area contributed by atoms with E-state index in [0.29, 0.717) is 17.2 Å². The van der Waals surface area contributed by atoms with Crippen molar-refractivity contribution >= 4 is 0 Å². The molecule has 2 aromatic rings. The van der Waals surface area contributed by atoms with Gasteiger partial charge in [0.05, 0.1) is 33.2 Å². The van der Waals surface area contributed by atoms with Gasteiger partial charge < -0.3 is 18.6 Å². The molecule has 0 aliphatic rings. The molecule has 0 aliphatic carbocycles. The van der Waals surface area contributed by atoms with Gasteiger partial charge in [-0.1, -0.05) is 0 Å². The van der Waals surface area contributed by atoms with Gasteiger partial charge >= 0.3 is 0 Å². The van der Waals surface area contributed by atoms with Crippen LogP contribution in [0.3, 0.4) is 0 Å². The van der Waals surface area contributed by atoms with Crippen LogP contribution < -0.4 is 14.2 Å². The topological polar surface area (TPSA) is 40.8 Å². The summed E-state index contributed by atoms with van der Waals surface area (Å²) in [6.07, 6.45) is 1.62. The van der Waals surface area contributed by atoms with Crippen LogP contribution in [0.5, 0.6) is 17.2 Å². The molecule has 0 bridgehead atoms. The Bertz CT molecular complexity index is 488. The summed E-state index contributed by atoms with van der Waals surface area (Å²) < 4.78 is 21.1. The molecule has 90 valence electrons. The second-order valence-corrected chi connectivity index (χ2v) is 3.38. The van der Waals surface area contributed by atoms with Crippen molar-refractivity contribution in [1.29, 1.82) is 0 Å². The van der Waals surface area contributed by atoms with Crippen molar-refractivity contribution in [1.82, 2.24) is 0 Å². The summed E-state index contributed by atoms with van der Waals surface area (Å²) in [5.41, 5.74) is 0.829. The lowest BCUT2D eigenvalue weighted by atomic mass is 10.1. The van der Waals surface area contributed by atoms with Crippen LogP contribution in [-0.4, -0.2) is 21.3 Å². The Kier molecular flexibility index (Phi) is 3.23. The maximum Gasteiger partial charge on any atom is 0.164 e. The average Bonchev–Trinajstić information content (AvgIpc) is 2.90. The Balaban J connectivity index is 2.58. The molecule has 0 saturated heterocycles. The number of methoxy groups -OCH3 is 3. The van der Waals surface area contributed by atoms with Gasteiger partial charge in [0.2, 0.25) is 0 Å². The molecule has 0 saturated carbocycles. The average molecular weight is 234 g/mol. The highest BCUT2D eigenvalue weighted by molar-refractivity contribution is 5.70. The fourth-order valence-electron chi connectivity index (χ4n) is 1.65. The number of furan rings is 1. The molecule has 4 heteroatoms. The summed E-state index contributed by atoms with van der Waals surface area (Å²) in [5.74, 6) is 2.67. The number of ether oxygens (including phenoxy) is 3. The highest BCUT2D eigenvalue weighted by Crippen LogP contribution is 2.39. The van der Waals surface area contributed by atoms with Crippen molar-refractivity contribution in [3.8, 4) is 28.6 Å². The lowest BCUT2D eigenvalue weighted by Gasteiger charge is -2.12. The zero-order valence-corrected chi connectivity index (χ0v) is 10.0. The highest BCUT2D eigenvalue weighted by Gasteiger charge is 2.14. The summed E-state index contributed by atoms with van der Waals surface area (Å²) in [4.78, 5) is 0. The number of hydrogen-bond acceptors (Lipinski definition) is 4. The first kappa shape index (κ1) is 11.4. The van der Waals surface area contributed by atoms with Gasteiger partial charge in [0, 0.05) is 6.07 Å². The maximum absolute atomic E-state index is 5.36. The predicted octanol–water partition coefficient (Wildman–Crippen LogP) is 2.97. The first-order chi connectivity index (χ1) is 8.30. The summed E-state index contributed by atoms with van der Waals surface area (Å²) in [6, 6.07) is 7.29. The van der Waals surface area contributed by atoms with E-state index in [9.17, 15) is 0 Å². The van der Waals surface area contributed by atoms with Crippen molar-refractivity contribution < 1.29 is 18.6 Å². The van der Waals surface area contributed by atoms with Gasteiger partial charge in [0.25, 0.3) is 0 Å². The van der Waals surface area contributed by atoms with Crippen LogP contribution in [-0.2, 0) is 0 Å². The zero-order valence-electron chi connectivity index (χ0n) is 10.0. The molecule has 0 fully saturated rings. The van der Waals surface area contributed by atoms with E-state index >= 15 is 0 Å². The summed E-state index contributed by atoms with van der Waals surface area (Å²) in [6.45, 7) is 0. The fourth-order valence-corrected chi connectivity index (χ4v) is 1.65. The molecule has 17 heavy (non-hydrogen) atoms. The van der Waals surface area contributed by atoms with Gasteiger partial charge in [0.15, 0.2) is 11.5 Å². The van der Waals surface area contributed by atoms with Crippen LogP contribution in [0.15, 0.2) is 34.9 Å². The predicted molar refractivity (Wildman–Crippen MR) is 63.8 cm³/mol. The molecule has 0 N–H and O–H groups in total. The van der Waals surface area contributed by atoms with Gasteiger partial charge in [-0.2, -0.15) is 0 Å². The molecule has 1 heterocycles. The summed E-state index contributed by atoms with van der Waals surface area (Å²) in [7, 11) is 4.79. The first-order valence-electron chi connectivity index (χ1n) is 5.14. The van der Waals surface area contributed by atoms with Crippen LogP contribution in [0.25, 0.3) is 11.3 Å². The van der Waals surface area contributed by atoms with Crippen LogP contribution >= 0.6 is 0 Å². The van der Waals surface area contributed by atoms with Crippen molar-refractivity contribution in [3.63, 3.8) is 0 Å². The Morgan fingerprint density at radius 1 is 0.882 bits per heavy atom. The maximum atomic E-state index is 5.36. The third kappa shape index (κ3) is 2.06. The smallest absolute Gasteiger partial charge is 0.164 e. The Morgan fingerprint density at radius 3 is 2.06 bits per heavy atom. The van der Waals surface area contributed by atoms with Crippen LogP contribution in [0, 0.1) is 0 Å². The van der Waals surface area contributed by atoms with Gasteiger partial charge in [-0.05, 0) is 18.2 Å².